The highest BCUT2D eigenvalue weighted by atomic mass is 15.2. The Morgan fingerprint density at radius 1 is 0.320 bits per heavy atom. The van der Waals surface area contributed by atoms with E-state index in [1.807, 2.05) is 0 Å². The van der Waals surface area contributed by atoms with E-state index in [2.05, 4.69) is 280 Å². The number of nitrogens with zero attached hydrogens (tertiary/aromatic N) is 2. The first kappa shape index (κ1) is 43.8. The van der Waals surface area contributed by atoms with E-state index < -0.39 is 0 Å². The van der Waals surface area contributed by atoms with Crippen LogP contribution in [0.25, 0.3) is 44.5 Å². The van der Waals surface area contributed by atoms with Crippen molar-refractivity contribution in [2.75, 3.05) is 9.80 Å². The quantitative estimate of drug-likeness (QED) is 0.157. The van der Waals surface area contributed by atoms with Crippen molar-refractivity contribution in [3.05, 3.63) is 298 Å². The molecule has 0 saturated heterocycles. The molecule has 0 heterocycles. The summed E-state index contributed by atoms with van der Waals surface area (Å²) >= 11 is 0. The normalized spacial score (nSPS) is 16.0. The lowest BCUT2D eigenvalue weighted by Crippen LogP contribution is -2.27. The lowest BCUT2D eigenvalue weighted by atomic mass is 9.67. The fourth-order valence-corrected chi connectivity index (χ4v) is 14.5. The summed E-state index contributed by atoms with van der Waals surface area (Å²) in [5.41, 5.74) is 30.3. The van der Waals surface area contributed by atoms with Gasteiger partial charge in [0.2, 0.25) is 0 Å². The minimum atomic E-state index is -0.364. The molecule has 0 aromatic heterocycles. The molecule has 0 atom stereocenters. The molecule has 2 nitrogen and oxygen atoms in total. The molecule has 2 heteroatoms. The van der Waals surface area contributed by atoms with Gasteiger partial charge in [0, 0.05) is 33.6 Å². The fourth-order valence-electron chi connectivity index (χ4n) is 14.5. The number of hydrogen-bond acceptors (Lipinski definition) is 2. The molecule has 1 spiro atoms. The van der Waals surface area contributed by atoms with Crippen LogP contribution >= 0.6 is 0 Å². The summed E-state index contributed by atoms with van der Waals surface area (Å²) in [5, 5.41) is 0. The molecule has 0 unspecified atom stereocenters. The van der Waals surface area contributed by atoms with Crippen molar-refractivity contribution in [2.45, 2.75) is 56.8 Å². The molecule has 0 N–H and O–H groups in total. The molecule has 75 heavy (non-hydrogen) atoms. The number of hydrogen-bond donors (Lipinski definition) is 0. The number of rotatable bonds is 7. The van der Waals surface area contributed by atoms with Gasteiger partial charge in [0.15, 0.2) is 0 Å². The summed E-state index contributed by atoms with van der Waals surface area (Å²) in [7, 11) is 0. The van der Waals surface area contributed by atoms with E-state index in [1.165, 1.54) is 100 Å². The van der Waals surface area contributed by atoms with Gasteiger partial charge in [0.05, 0.1) is 16.8 Å². The SMILES string of the molecule is CC1(C)c2ccccc2-c2ccc(N(c3ccccc3)c3ccc(C4=CCCC5=C4c4ccccc4C54c5ccccc5-c5ccccc54)cc3N(c3ccccc3)c3ccc4c(c3)C(C)(C)c3ccccc3-4)cc21. The van der Waals surface area contributed by atoms with Crippen LogP contribution in [0, 0.1) is 0 Å². The second-order valence-corrected chi connectivity index (χ2v) is 22.2. The number of para-hydroxylation sites is 2. The summed E-state index contributed by atoms with van der Waals surface area (Å²) in [6.07, 6.45) is 4.49. The Balaban J connectivity index is 0.993. The summed E-state index contributed by atoms with van der Waals surface area (Å²) in [5.74, 6) is 0. The van der Waals surface area contributed by atoms with E-state index >= 15 is 0 Å². The largest absolute Gasteiger partial charge is 0.308 e. The summed E-state index contributed by atoms with van der Waals surface area (Å²) in [6.45, 7) is 9.54. The highest BCUT2D eigenvalue weighted by Gasteiger charge is 2.53. The molecule has 10 aromatic carbocycles. The van der Waals surface area contributed by atoms with Crippen LogP contribution in [0.3, 0.4) is 0 Å². The van der Waals surface area contributed by atoms with Crippen LogP contribution in [0.1, 0.15) is 90.6 Å². The molecule has 358 valence electrons. The van der Waals surface area contributed by atoms with Gasteiger partial charge in [-0.1, -0.05) is 210 Å². The number of fused-ring (bicyclic) bond motifs is 15. The maximum Gasteiger partial charge on any atom is 0.0708 e. The Morgan fingerprint density at radius 2 is 0.720 bits per heavy atom. The van der Waals surface area contributed by atoms with E-state index in [-0.39, 0.29) is 16.2 Å². The van der Waals surface area contributed by atoms with Crippen molar-refractivity contribution < 1.29 is 0 Å². The van der Waals surface area contributed by atoms with Crippen molar-refractivity contribution in [1.82, 2.24) is 0 Å². The van der Waals surface area contributed by atoms with Crippen molar-refractivity contribution in [2.24, 2.45) is 0 Å². The molecule has 5 aliphatic carbocycles. The third-order valence-electron chi connectivity index (χ3n) is 17.8. The minimum Gasteiger partial charge on any atom is -0.308 e. The minimum absolute atomic E-state index is 0.171. The molecular formula is C73H56N2. The average molecular weight is 961 g/mol. The third-order valence-corrected chi connectivity index (χ3v) is 17.8. The Hall–Kier alpha value is -8.72. The molecule has 0 bridgehead atoms. The van der Waals surface area contributed by atoms with Crippen molar-refractivity contribution in [3.63, 3.8) is 0 Å². The van der Waals surface area contributed by atoms with Crippen LogP contribution in [-0.4, -0.2) is 0 Å². The smallest absolute Gasteiger partial charge is 0.0708 e. The Bertz CT molecular complexity index is 4030. The summed E-state index contributed by atoms with van der Waals surface area (Å²) in [6, 6.07) is 89.4. The predicted molar refractivity (Wildman–Crippen MR) is 313 cm³/mol. The fraction of sp³-hybridized carbons (Fsp3) is 0.123. The maximum absolute atomic E-state index is 2.54. The zero-order valence-electron chi connectivity index (χ0n) is 42.9. The average Bonchev–Trinajstić information content (AvgIpc) is 4.14. The molecule has 0 amide bonds. The molecule has 0 radical (unpaired) electrons. The summed E-state index contributed by atoms with van der Waals surface area (Å²) < 4.78 is 0. The molecule has 5 aliphatic rings. The van der Waals surface area contributed by atoms with Gasteiger partial charge >= 0.3 is 0 Å². The van der Waals surface area contributed by atoms with Gasteiger partial charge in [0.1, 0.15) is 0 Å². The van der Waals surface area contributed by atoms with Crippen LogP contribution in [-0.2, 0) is 16.2 Å². The second kappa shape index (κ2) is 16.1. The van der Waals surface area contributed by atoms with Crippen molar-refractivity contribution in [3.8, 4) is 33.4 Å². The first-order valence-electron chi connectivity index (χ1n) is 26.8. The topological polar surface area (TPSA) is 6.48 Å². The predicted octanol–water partition coefficient (Wildman–Crippen LogP) is 19.2. The molecule has 15 rings (SSSR count). The zero-order valence-corrected chi connectivity index (χ0v) is 42.9. The lowest BCUT2D eigenvalue weighted by molar-refractivity contribution is 0.660. The van der Waals surface area contributed by atoms with Gasteiger partial charge in [-0.05, 0) is 174 Å². The Morgan fingerprint density at radius 3 is 1.23 bits per heavy atom. The van der Waals surface area contributed by atoms with Crippen molar-refractivity contribution >= 4 is 45.3 Å². The van der Waals surface area contributed by atoms with E-state index in [1.54, 1.807) is 0 Å². The third kappa shape index (κ3) is 6.08. The van der Waals surface area contributed by atoms with Crippen molar-refractivity contribution in [1.29, 1.82) is 0 Å². The van der Waals surface area contributed by atoms with E-state index in [4.69, 9.17) is 0 Å². The van der Waals surface area contributed by atoms with Gasteiger partial charge in [-0.25, -0.2) is 0 Å². The lowest BCUT2D eigenvalue weighted by Gasteiger charge is -2.35. The molecule has 10 aromatic rings. The number of benzene rings is 10. The van der Waals surface area contributed by atoms with Gasteiger partial charge in [-0.2, -0.15) is 0 Å². The van der Waals surface area contributed by atoms with Crippen LogP contribution in [0.5, 0.6) is 0 Å². The Labute approximate surface area is 441 Å². The molecule has 0 saturated carbocycles. The molecular weight excluding hydrogens is 905 g/mol. The highest BCUT2D eigenvalue weighted by Crippen LogP contribution is 2.66. The van der Waals surface area contributed by atoms with E-state index in [0.29, 0.717) is 0 Å². The van der Waals surface area contributed by atoms with Gasteiger partial charge in [0.25, 0.3) is 0 Å². The number of allylic oxidation sites excluding steroid dienone is 4. The van der Waals surface area contributed by atoms with Crippen LogP contribution in [0.4, 0.5) is 34.1 Å². The maximum atomic E-state index is 2.54. The van der Waals surface area contributed by atoms with Gasteiger partial charge < -0.3 is 9.80 Å². The zero-order chi connectivity index (χ0) is 50.2. The highest BCUT2D eigenvalue weighted by molar-refractivity contribution is 6.13. The number of anilines is 6. The van der Waals surface area contributed by atoms with Gasteiger partial charge in [-0.15, -0.1) is 0 Å². The first-order valence-corrected chi connectivity index (χ1v) is 26.8. The first-order chi connectivity index (χ1) is 36.7. The standard InChI is InChI=1S/C73H56N2/c1-71(2)60-32-16-11-26-53(60)57-41-39-50(45-66(57)71)74(48-22-7-5-8-23-48)68-43-38-47(44-69(68)75(49-24-9-6-10-25-49)51-40-42-58-54-27-12-17-33-61(54)72(3,4)67(58)46-51)52-31-21-37-65-70(52)59-30-15-20-36-64(59)73(65)62-34-18-13-28-55(62)56-29-14-19-35-63(56)73/h5-20,22-36,38-46H,21,37H2,1-4H3. The summed E-state index contributed by atoms with van der Waals surface area (Å²) in [4.78, 5) is 5.04. The molecule has 0 aliphatic heterocycles. The van der Waals surface area contributed by atoms with Crippen LogP contribution in [0.15, 0.2) is 248 Å². The molecule has 0 fully saturated rings. The second-order valence-electron chi connectivity index (χ2n) is 22.2. The van der Waals surface area contributed by atoms with Gasteiger partial charge in [-0.3, -0.25) is 0 Å². The van der Waals surface area contributed by atoms with E-state index in [9.17, 15) is 0 Å². The Kier molecular flexibility index (Phi) is 9.43. The van der Waals surface area contributed by atoms with E-state index in [0.717, 1.165) is 47.0 Å². The monoisotopic (exact) mass is 960 g/mol. The van der Waals surface area contributed by atoms with Crippen LogP contribution in [0.2, 0.25) is 0 Å². The van der Waals surface area contributed by atoms with Crippen LogP contribution < -0.4 is 9.80 Å².